The average Bonchev–Trinajstić information content (AvgIpc) is 2.73. The van der Waals surface area contributed by atoms with Crippen molar-refractivity contribution in [3.63, 3.8) is 0 Å². The van der Waals surface area contributed by atoms with E-state index >= 15 is 0 Å². The highest BCUT2D eigenvalue weighted by atomic mass is 16.6. The fraction of sp³-hybridized carbons (Fsp3) is 0.727. The standard InChI is InChI=1S/C11H19N5O2/c1-10-13-9-11(16(17)18)15(10)6-2-5-14-7-3-12-4-8-14/h9,12H,2-8H2,1H3. The summed E-state index contributed by atoms with van der Waals surface area (Å²) in [4.78, 5) is 16.8. The molecule has 2 rings (SSSR count). The molecule has 1 aromatic heterocycles. The van der Waals surface area contributed by atoms with Crippen LogP contribution < -0.4 is 5.32 Å². The molecule has 1 aromatic rings. The van der Waals surface area contributed by atoms with Gasteiger partial charge < -0.3 is 20.3 Å². The van der Waals surface area contributed by atoms with E-state index < -0.39 is 0 Å². The van der Waals surface area contributed by atoms with Gasteiger partial charge in [0.15, 0.2) is 5.82 Å². The van der Waals surface area contributed by atoms with Gasteiger partial charge in [0.2, 0.25) is 0 Å². The Morgan fingerprint density at radius 3 is 2.83 bits per heavy atom. The molecule has 0 radical (unpaired) electrons. The second-order valence-electron chi connectivity index (χ2n) is 4.52. The predicted molar refractivity (Wildman–Crippen MR) is 67.5 cm³/mol. The highest BCUT2D eigenvalue weighted by molar-refractivity contribution is 5.18. The number of imidazole rings is 1. The number of hydrogen-bond acceptors (Lipinski definition) is 5. The van der Waals surface area contributed by atoms with Crippen molar-refractivity contribution < 1.29 is 4.92 Å². The minimum atomic E-state index is -0.370. The lowest BCUT2D eigenvalue weighted by atomic mass is 10.3. The van der Waals surface area contributed by atoms with Gasteiger partial charge in [0.05, 0.1) is 6.54 Å². The second-order valence-corrected chi connectivity index (χ2v) is 4.52. The Kier molecular flexibility index (Phi) is 4.27. The van der Waals surface area contributed by atoms with Crippen LogP contribution in [-0.4, -0.2) is 52.1 Å². The summed E-state index contributed by atoms with van der Waals surface area (Å²) in [6.45, 7) is 7.63. The summed E-state index contributed by atoms with van der Waals surface area (Å²) in [6.07, 6.45) is 2.25. The van der Waals surface area contributed by atoms with Gasteiger partial charge in [-0.05, 0) is 11.3 Å². The Hall–Kier alpha value is -1.47. The lowest BCUT2D eigenvalue weighted by Crippen LogP contribution is -2.43. The van der Waals surface area contributed by atoms with Crippen molar-refractivity contribution in [3.8, 4) is 0 Å². The van der Waals surface area contributed by atoms with Crippen molar-refractivity contribution in [3.05, 3.63) is 22.1 Å². The minimum Gasteiger partial charge on any atom is -0.358 e. The molecule has 100 valence electrons. The first-order valence-corrected chi connectivity index (χ1v) is 6.28. The van der Waals surface area contributed by atoms with Gasteiger partial charge in [-0.1, -0.05) is 0 Å². The first-order valence-electron chi connectivity index (χ1n) is 6.28. The predicted octanol–water partition coefficient (Wildman–Crippen LogP) is 0.395. The smallest absolute Gasteiger partial charge is 0.342 e. The van der Waals surface area contributed by atoms with Gasteiger partial charge in [0, 0.05) is 39.6 Å². The molecule has 1 aliphatic heterocycles. The zero-order valence-corrected chi connectivity index (χ0v) is 10.6. The molecule has 1 aliphatic rings. The molecule has 1 saturated heterocycles. The van der Waals surface area contributed by atoms with Crippen LogP contribution in [0.1, 0.15) is 12.2 Å². The Labute approximate surface area is 106 Å². The van der Waals surface area contributed by atoms with Crippen LogP contribution in [-0.2, 0) is 6.54 Å². The van der Waals surface area contributed by atoms with Gasteiger partial charge in [0.1, 0.15) is 6.20 Å². The molecule has 1 fully saturated rings. The third-order valence-corrected chi connectivity index (χ3v) is 3.29. The van der Waals surface area contributed by atoms with Gasteiger partial charge in [-0.3, -0.25) is 0 Å². The molecule has 7 nitrogen and oxygen atoms in total. The number of aryl methyl sites for hydroxylation is 1. The van der Waals surface area contributed by atoms with Crippen LogP contribution in [0.3, 0.4) is 0 Å². The summed E-state index contributed by atoms with van der Waals surface area (Å²) in [6, 6.07) is 0. The van der Waals surface area contributed by atoms with Crippen molar-refractivity contribution in [2.24, 2.45) is 0 Å². The van der Waals surface area contributed by atoms with Crippen LogP contribution in [0.4, 0.5) is 5.82 Å². The summed E-state index contributed by atoms with van der Waals surface area (Å²) in [5.41, 5.74) is 0. The zero-order valence-electron chi connectivity index (χ0n) is 10.6. The van der Waals surface area contributed by atoms with Crippen LogP contribution in [0.2, 0.25) is 0 Å². The summed E-state index contributed by atoms with van der Waals surface area (Å²) >= 11 is 0. The van der Waals surface area contributed by atoms with Crippen LogP contribution in [0.5, 0.6) is 0 Å². The lowest BCUT2D eigenvalue weighted by molar-refractivity contribution is -0.392. The quantitative estimate of drug-likeness (QED) is 0.607. The van der Waals surface area contributed by atoms with Crippen LogP contribution in [0, 0.1) is 17.0 Å². The summed E-state index contributed by atoms with van der Waals surface area (Å²) in [5, 5.41) is 14.1. The molecular formula is C11H19N5O2. The van der Waals surface area contributed by atoms with Crippen molar-refractivity contribution in [1.29, 1.82) is 0 Å². The van der Waals surface area contributed by atoms with E-state index in [1.165, 1.54) is 6.20 Å². The maximum Gasteiger partial charge on any atom is 0.342 e. The highest BCUT2D eigenvalue weighted by Gasteiger charge is 2.17. The van der Waals surface area contributed by atoms with Gasteiger partial charge in [-0.2, -0.15) is 0 Å². The first-order chi connectivity index (χ1) is 8.68. The number of aromatic nitrogens is 2. The van der Waals surface area contributed by atoms with E-state index in [-0.39, 0.29) is 10.7 Å². The fourth-order valence-corrected chi connectivity index (χ4v) is 2.27. The summed E-state index contributed by atoms with van der Waals surface area (Å²) < 4.78 is 1.68. The zero-order chi connectivity index (χ0) is 13.0. The molecule has 0 spiro atoms. The Balaban J connectivity index is 1.85. The summed E-state index contributed by atoms with van der Waals surface area (Å²) in [7, 11) is 0. The molecule has 1 N–H and O–H groups in total. The number of nitrogens with zero attached hydrogens (tertiary/aromatic N) is 4. The largest absolute Gasteiger partial charge is 0.358 e. The molecule has 0 unspecified atom stereocenters. The van der Waals surface area contributed by atoms with Crippen molar-refractivity contribution >= 4 is 5.82 Å². The van der Waals surface area contributed by atoms with Crippen molar-refractivity contribution in [1.82, 2.24) is 19.8 Å². The molecule has 0 aliphatic carbocycles. The molecule has 0 aromatic carbocycles. The number of rotatable bonds is 5. The van der Waals surface area contributed by atoms with Crippen LogP contribution in [0.15, 0.2) is 6.20 Å². The van der Waals surface area contributed by atoms with E-state index in [0.29, 0.717) is 12.4 Å². The van der Waals surface area contributed by atoms with Crippen LogP contribution >= 0.6 is 0 Å². The summed E-state index contributed by atoms with van der Waals surface area (Å²) in [5.74, 6) is 0.801. The minimum absolute atomic E-state index is 0.0906. The fourth-order valence-electron chi connectivity index (χ4n) is 2.27. The van der Waals surface area contributed by atoms with Gasteiger partial charge in [-0.25, -0.2) is 9.55 Å². The van der Waals surface area contributed by atoms with E-state index in [1.807, 2.05) is 0 Å². The Morgan fingerprint density at radius 1 is 1.44 bits per heavy atom. The first kappa shape index (κ1) is 13.0. The molecular weight excluding hydrogens is 234 g/mol. The third-order valence-electron chi connectivity index (χ3n) is 3.29. The SMILES string of the molecule is Cc1ncc([N+](=O)[O-])n1CCCN1CCNCC1. The number of piperazine rings is 1. The third kappa shape index (κ3) is 3.05. The molecule has 0 bridgehead atoms. The molecule has 18 heavy (non-hydrogen) atoms. The second kappa shape index (κ2) is 5.92. The van der Waals surface area contributed by atoms with E-state index in [9.17, 15) is 10.1 Å². The topological polar surface area (TPSA) is 76.2 Å². The molecule has 0 saturated carbocycles. The Morgan fingerprint density at radius 2 is 2.17 bits per heavy atom. The number of hydrogen-bond donors (Lipinski definition) is 1. The normalized spacial score (nSPS) is 16.9. The van der Waals surface area contributed by atoms with Crippen LogP contribution in [0.25, 0.3) is 0 Å². The van der Waals surface area contributed by atoms with Crippen molar-refractivity contribution in [2.45, 2.75) is 19.9 Å². The lowest BCUT2D eigenvalue weighted by Gasteiger charge is -2.26. The maximum atomic E-state index is 10.8. The maximum absolute atomic E-state index is 10.8. The monoisotopic (exact) mass is 253 g/mol. The van der Waals surface area contributed by atoms with E-state index in [0.717, 1.165) is 39.1 Å². The molecule has 7 heteroatoms. The van der Waals surface area contributed by atoms with Gasteiger partial charge in [-0.15, -0.1) is 0 Å². The van der Waals surface area contributed by atoms with E-state index in [2.05, 4.69) is 15.2 Å². The number of nitro groups is 1. The highest BCUT2D eigenvalue weighted by Crippen LogP contribution is 2.14. The molecule has 0 amide bonds. The molecule has 0 atom stereocenters. The average molecular weight is 253 g/mol. The van der Waals surface area contributed by atoms with E-state index in [1.54, 1.807) is 11.5 Å². The van der Waals surface area contributed by atoms with Gasteiger partial charge in [0.25, 0.3) is 0 Å². The van der Waals surface area contributed by atoms with Crippen molar-refractivity contribution in [2.75, 3.05) is 32.7 Å². The molecule has 2 heterocycles. The van der Waals surface area contributed by atoms with Gasteiger partial charge >= 0.3 is 5.82 Å². The number of nitrogens with one attached hydrogen (secondary N) is 1. The van der Waals surface area contributed by atoms with E-state index in [4.69, 9.17) is 0 Å². The Bertz CT molecular complexity index is 412.